The van der Waals surface area contributed by atoms with Gasteiger partial charge in [0, 0.05) is 12.5 Å². The fraction of sp³-hybridized carbons (Fsp3) is 0.750. The Kier molecular flexibility index (Phi) is 9.15. The molecule has 0 radical (unpaired) electrons. The Morgan fingerprint density at radius 1 is 1.21 bits per heavy atom. The van der Waals surface area contributed by atoms with Crippen molar-refractivity contribution in [2.45, 2.75) is 58.5 Å². The number of alkyl halides is 3. The number of ether oxygens (including phenoxy) is 1. The van der Waals surface area contributed by atoms with E-state index in [4.69, 9.17) is 4.52 Å². The van der Waals surface area contributed by atoms with Gasteiger partial charge in [0.25, 0.3) is 0 Å². The molecular weight excluding hydrogens is 467 g/mol. The van der Waals surface area contributed by atoms with Crippen molar-refractivity contribution in [1.29, 1.82) is 0 Å². The third kappa shape index (κ3) is 8.86. The van der Waals surface area contributed by atoms with Gasteiger partial charge in [0.05, 0.1) is 22.8 Å². The molecule has 0 bridgehead atoms. The predicted octanol–water partition coefficient (Wildman–Crippen LogP) is 3.19. The van der Waals surface area contributed by atoms with Crippen LogP contribution in [0.15, 0.2) is 4.52 Å². The Labute approximate surface area is 190 Å². The third-order valence-electron chi connectivity index (χ3n) is 5.13. The number of imide groups is 1. The molecule has 1 atom stereocenters. The number of urea groups is 1. The molecule has 33 heavy (non-hydrogen) atoms. The van der Waals surface area contributed by atoms with Crippen LogP contribution >= 0.6 is 0 Å². The molecule has 0 spiro atoms. The predicted molar refractivity (Wildman–Crippen MR) is 113 cm³/mol. The van der Waals surface area contributed by atoms with Crippen molar-refractivity contribution in [1.82, 2.24) is 15.4 Å². The van der Waals surface area contributed by atoms with Crippen LogP contribution in [-0.2, 0) is 14.6 Å². The first-order valence-electron chi connectivity index (χ1n) is 10.7. The minimum absolute atomic E-state index is 0.0136. The zero-order chi connectivity index (χ0) is 24.8. The largest absolute Gasteiger partial charge is 0.454 e. The second-order valence-corrected chi connectivity index (χ2v) is 10.9. The van der Waals surface area contributed by atoms with E-state index in [0.29, 0.717) is 32.2 Å². The van der Waals surface area contributed by atoms with Gasteiger partial charge in [0.2, 0.25) is 5.91 Å². The van der Waals surface area contributed by atoms with Crippen LogP contribution in [-0.4, -0.2) is 67.8 Å². The molecule has 9 nitrogen and oxygen atoms in total. The highest BCUT2D eigenvalue weighted by Crippen LogP contribution is 2.33. The van der Waals surface area contributed by atoms with Crippen LogP contribution in [0.5, 0.6) is 5.95 Å². The van der Waals surface area contributed by atoms with Crippen LogP contribution in [0, 0.1) is 12.8 Å². The first-order valence-corrected chi connectivity index (χ1v) is 12.5. The molecule has 1 fully saturated rings. The lowest BCUT2D eigenvalue weighted by Gasteiger charge is -2.18. The van der Waals surface area contributed by atoms with Crippen molar-refractivity contribution < 1.29 is 40.4 Å². The summed E-state index contributed by atoms with van der Waals surface area (Å²) in [5.41, 5.74) is 0.549. The normalized spacial score (nSPS) is 15.9. The van der Waals surface area contributed by atoms with Crippen molar-refractivity contribution in [3.63, 3.8) is 0 Å². The molecule has 13 heteroatoms. The van der Waals surface area contributed by atoms with Gasteiger partial charge in [0.15, 0.2) is 16.4 Å². The monoisotopic (exact) mass is 497 g/mol. The number of carbonyl (C=O) groups is 2. The molecule has 0 saturated carbocycles. The fourth-order valence-electron chi connectivity index (χ4n) is 3.68. The van der Waals surface area contributed by atoms with E-state index in [2.05, 4.69) is 15.2 Å². The third-order valence-corrected chi connectivity index (χ3v) is 6.95. The summed E-state index contributed by atoms with van der Waals surface area (Å²) in [6.07, 6.45) is -2.56. The summed E-state index contributed by atoms with van der Waals surface area (Å²) in [7, 11) is -3.49. The van der Waals surface area contributed by atoms with Gasteiger partial charge in [-0.15, -0.1) is 0 Å². The first-order chi connectivity index (χ1) is 15.3. The summed E-state index contributed by atoms with van der Waals surface area (Å²) in [6.45, 7) is 4.18. The van der Waals surface area contributed by atoms with Crippen molar-refractivity contribution >= 4 is 21.8 Å². The van der Waals surface area contributed by atoms with E-state index in [-0.39, 0.29) is 47.1 Å². The van der Waals surface area contributed by atoms with E-state index in [1.165, 1.54) is 11.8 Å². The summed E-state index contributed by atoms with van der Waals surface area (Å²) in [6, 6.07) is -0.439. The maximum Gasteiger partial charge on any atom is 0.422 e. The summed E-state index contributed by atoms with van der Waals surface area (Å²) >= 11 is 0. The Morgan fingerprint density at radius 2 is 1.91 bits per heavy atom. The molecule has 0 aliphatic carbocycles. The summed E-state index contributed by atoms with van der Waals surface area (Å²) in [4.78, 5) is 24.0. The molecule has 1 aromatic rings. The van der Waals surface area contributed by atoms with Crippen LogP contribution in [0.4, 0.5) is 18.0 Å². The van der Waals surface area contributed by atoms with Gasteiger partial charge in [-0.3, -0.25) is 10.1 Å². The first kappa shape index (κ1) is 26.9. The van der Waals surface area contributed by atoms with Crippen LogP contribution in [0.2, 0.25) is 0 Å². The molecule has 1 aliphatic heterocycles. The number of sulfone groups is 1. The van der Waals surface area contributed by atoms with Gasteiger partial charge in [-0.1, -0.05) is 25.4 Å². The van der Waals surface area contributed by atoms with Gasteiger partial charge in [-0.05, 0) is 32.1 Å². The van der Waals surface area contributed by atoms with E-state index in [1.54, 1.807) is 0 Å². The Balaban J connectivity index is 1.92. The molecule has 0 aromatic carbocycles. The number of rotatable bonds is 13. The number of unbranched alkanes of at least 4 members (excludes halogenated alkanes) is 2. The van der Waals surface area contributed by atoms with E-state index < -0.39 is 34.6 Å². The number of carbonyl (C=O) groups excluding carboxylic acids is 2. The number of nitrogens with zero attached hydrogens (tertiary/aromatic N) is 2. The Morgan fingerprint density at radius 3 is 2.48 bits per heavy atom. The molecule has 188 valence electrons. The lowest BCUT2D eigenvalue weighted by atomic mass is 9.94. The highest BCUT2D eigenvalue weighted by Gasteiger charge is 2.32. The topological polar surface area (TPSA) is 119 Å². The van der Waals surface area contributed by atoms with Gasteiger partial charge in [0.1, 0.15) is 6.54 Å². The van der Waals surface area contributed by atoms with Gasteiger partial charge in [-0.25, -0.2) is 13.2 Å². The number of nitrogens with one attached hydrogen (secondary N) is 1. The van der Waals surface area contributed by atoms with Crippen molar-refractivity contribution in [2.75, 3.05) is 31.2 Å². The van der Waals surface area contributed by atoms with Crippen LogP contribution in [0.3, 0.4) is 0 Å². The molecule has 1 N–H and O–H groups in total. The van der Waals surface area contributed by atoms with Gasteiger partial charge < -0.3 is 14.2 Å². The van der Waals surface area contributed by atoms with Gasteiger partial charge in [-0.2, -0.15) is 13.2 Å². The average molecular weight is 498 g/mol. The highest BCUT2D eigenvalue weighted by atomic mass is 32.2. The van der Waals surface area contributed by atoms with Crippen LogP contribution < -0.4 is 10.1 Å². The number of hydrogen-bond acceptors (Lipinski definition) is 7. The second kappa shape index (κ2) is 11.2. The lowest BCUT2D eigenvalue weighted by Crippen LogP contribution is -2.29. The van der Waals surface area contributed by atoms with E-state index in [9.17, 15) is 31.2 Å². The maximum absolute atomic E-state index is 12.7. The molecule has 3 amide bonds. The van der Waals surface area contributed by atoms with Crippen molar-refractivity contribution in [3.05, 3.63) is 11.3 Å². The number of hydrogen-bond donors (Lipinski definition) is 1. The molecule has 1 aromatic heterocycles. The lowest BCUT2D eigenvalue weighted by molar-refractivity contribution is -0.156. The molecule has 1 aliphatic rings. The van der Waals surface area contributed by atoms with Crippen LogP contribution in [0.25, 0.3) is 0 Å². The van der Waals surface area contributed by atoms with Crippen molar-refractivity contribution in [2.24, 2.45) is 5.92 Å². The summed E-state index contributed by atoms with van der Waals surface area (Å²) < 4.78 is 72.3. The van der Waals surface area contributed by atoms with Crippen LogP contribution in [0.1, 0.15) is 56.7 Å². The molecule has 1 saturated heterocycles. The zero-order valence-electron chi connectivity index (χ0n) is 18.9. The van der Waals surface area contributed by atoms with E-state index in [1.807, 2.05) is 13.8 Å². The molecule has 0 unspecified atom stereocenters. The Bertz CT molecular complexity index is 930. The standard InChI is InChI=1S/C20H30F3N3O6S/c1-13(2)9-15(17-14(3)18(32-25-17)31-12-20(21,22)23)11-33(29,30)8-6-4-5-7-26-10-16(27)24-19(26)28/h13,15H,4-12H2,1-3H3,(H,24,27,28)/t15-/m0/s1. The summed E-state index contributed by atoms with van der Waals surface area (Å²) in [5.74, 6) is -1.41. The quantitative estimate of drug-likeness (QED) is 0.328. The SMILES string of the molecule is Cc1c([C@@H](CC(C)C)CS(=O)(=O)CCCCCN2CC(=O)NC2=O)noc1OCC(F)(F)F. The van der Waals surface area contributed by atoms with E-state index >= 15 is 0 Å². The number of aromatic nitrogens is 1. The molecule has 2 heterocycles. The second-order valence-electron chi connectivity index (χ2n) is 8.66. The molecule has 2 rings (SSSR count). The van der Waals surface area contributed by atoms with E-state index in [0.717, 1.165) is 0 Å². The van der Waals surface area contributed by atoms with Crippen molar-refractivity contribution in [3.8, 4) is 5.95 Å². The average Bonchev–Trinajstić information content (AvgIpc) is 3.19. The minimum atomic E-state index is -4.53. The minimum Gasteiger partial charge on any atom is -0.454 e. The number of amides is 3. The smallest absolute Gasteiger partial charge is 0.422 e. The fourth-order valence-corrected chi connectivity index (χ4v) is 5.39. The highest BCUT2D eigenvalue weighted by molar-refractivity contribution is 7.91. The summed E-state index contributed by atoms with van der Waals surface area (Å²) in [5, 5.41) is 6.00. The number of halogens is 3. The Hall–Kier alpha value is -2.31. The maximum atomic E-state index is 12.7. The zero-order valence-corrected chi connectivity index (χ0v) is 19.7. The van der Waals surface area contributed by atoms with Gasteiger partial charge >= 0.3 is 18.2 Å². The molecular formula is C20H30F3N3O6S.